The molecule has 0 aliphatic rings. The zero-order valence-electron chi connectivity index (χ0n) is 12.9. The topological polar surface area (TPSA) is 30.5 Å². The van der Waals surface area contributed by atoms with Gasteiger partial charge in [-0.15, -0.1) is 0 Å². The third-order valence-corrected chi connectivity index (χ3v) is 4.19. The van der Waals surface area contributed by atoms with Crippen LogP contribution in [-0.4, -0.2) is 38.4 Å². The number of nitrogens with one attached hydrogen (secondary N) is 1. The summed E-state index contributed by atoms with van der Waals surface area (Å²) in [6.07, 6.45) is 1.22. The van der Waals surface area contributed by atoms with E-state index in [0.717, 1.165) is 18.0 Å². The van der Waals surface area contributed by atoms with Gasteiger partial charge < -0.3 is 14.8 Å². The van der Waals surface area contributed by atoms with Crippen LogP contribution in [0.2, 0.25) is 0 Å². The molecule has 114 valence electrons. The summed E-state index contributed by atoms with van der Waals surface area (Å²) in [4.78, 5) is 0. The summed E-state index contributed by atoms with van der Waals surface area (Å²) in [5.41, 5.74) is 1.24. The molecule has 1 rings (SSSR count). The van der Waals surface area contributed by atoms with E-state index in [1.165, 1.54) is 17.7 Å². The van der Waals surface area contributed by atoms with Crippen LogP contribution < -0.4 is 10.1 Å². The monoisotopic (exact) mass is 297 g/mol. The summed E-state index contributed by atoms with van der Waals surface area (Å²) in [5, 5.41) is 3.56. The van der Waals surface area contributed by atoms with Crippen LogP contribution in [0.1, 0.15) is 31.9 Å². The molecular formula is C16H27NO2S. The highest BCUT2D eigenvalue weighted by Gasteiger charge is 2.15. The molecule has 0 heterocycles. The van der Waals surface area contributed by atoms with Crippen molar-refractivity contribution in [3.8, 4) is 5.75 Å². The summed E-state index contributed by atoms with van der Waals surface area (Å²) in [6.45, 7) is 6.53. The molecule has 1 unspecified atom stereocenters. The van der Waals surface area contributed by atoms with Gasteiger partial charge in [-0.2, -0.15) is 11.8 Å². The lowest BCUT2D eigenvalue weighted by Crippen LogP contribution is -2.24. The van der Waals surface area contributed by atoms with E-state index in [1.54, 1.807) is 7.11 Å². The fourth-order valence-corrected chi connectivity index (χ4v) is 2.97. The maximum Gasteiger partial charge on any atom is 0.124 e. The predicted molar refractivity (Wildman–Crippen MR) is 87.8 cm³/mol. The molecule has 0 radical (unpaired) electrons. The third-order valence-electron chi connectivity index (χ3n) is 2.92. The predicted octanol–water partition coefficient (Wildman–Crippen LogP) is 3.51. The van der Waals surface area contributed by atoms with E-state index in [2.05, 4.69) is 31.3 Å². The van der Waals surface area contributed by atoms with Crippen molar-refractivity contribution in [1.29, 1.82) is 0 Å². The van der Waals surface area contributed by atoms with Gasteiger partial charge in [0, 0.05) is 24.5 Å². The second-order valence-electron chi connectivity index (χ2n) is 4.56. The zero-order valence-corrected chi connectivity index (χ0v) is 13.7. The van der Waals surface area contributed by atoms with Crippen LogP contribution in [-0.2, 0) is 4.74 Å². The molecule has 1 atom stereocenters. The van der Waals surface area contributed by atoms with Crippen LogP contribution in [0.5, 0.6) is 5.75 Å². The molecule has 1 aromatic rings. The van der Waals surface area contributed by atoms with Gasteiger partial charge in [-0.25, -0.2) is 0 Å². The van der Waals surface area contributed by atoms with Gasteiger partial charge in [0.25, 0.3) is 0 Å². The number of thioether (sulfide) groups is 1. The van der Waals surface area contributed by atoms with Gasteiger partial charge in [0.05, 0.1) is 6.61 Å². The molecule has 0 saturated carbocycles. The van der Waals surface area contributed by atoms with Crippen molar-refractivity contribution >= 4 is 11.8 Å². The van der Waals surface area contributed by atoms with Crippen molar-refractivity contribution in [2.45, 2.75) is 26.3 Å². The number of ether oxygens (including phenoxy) is 2. The third kappa shape index (κ3) is 6.16. The highest BCUT2D eigenvalue weighted by Crippen LogP contribution is 2.27. The van der Waals surface area contributed by atoms with Crippen molar-refractivity contribution in [3.63, 3.8) is 0 Å². The first-order chi connectivity index (χ1) is 9.83. The Morgan fingerprint density at radius 1 is 1.20 bits per heavy atom. The number of rotatable bonds is 11. The van der Waals surface area contributed by atoms with Crippen molar-refractivity contribution < 1.29 is 9.47 Å². The number of para-hydroxylation sites is 1. The Morgan fingerprint density at radius 2 is 2.00 bits per heavy atom. The van der Waals surface area contributed by atoms with Crippen LogP contribution in [0.4, 0.5) is 0 Å². The Bertz CT molecular complexity index is 360. The lowest BCUT2D eigenvalue weighted by Gasteiger charge is -2.21. The molecule has 0 amide bonds. The average molecular weight is 297 g/mol. The van der Waals surface area contributed by atoms with Gasteiger partial charge in [-0.3, -0.25) is 0 Å². The molecule has 0 aliphatic heterocycles. The van der Waals surface area contributed by atoms with Crippen molar-refractivity contribution in [3.05, 3.63) is 29.8 Å². The summed E-state index contributed by atoms with van der Waals surface area (Å²) >= 11 is 1.99. The Labute approximate surface area is 127 Å². The Morgan fingerprint density at radius 3 is 2.70 bits per heavy atom. The van der Waals surface area contributed by atoms with Gasteiger partial charge in [0.15, 0.2) is 0 Å². The summed E-state index contributed by atoms with van der Waals surface area (Å²) in [6, 6.07) is 8.64. The van der Waals surface area contributed by atoms with Crippen molar-refractivity contribution in [1.82, 2.24) is 5.32 Å². The maximum absolute atomic E-state index is 5.84. The number of methoxy groups -OCH3 is 1. The van der Waals surface area contributed by atoms with E-state index < -0.39 is 0 Å². The average Bonchev–Trinajstić information content (AvgIpc) is 2.47. The first kappa shape index (κ1) is 17.3. The first-order valence-corrected chi connectivity index (χ1v) is 8.50. The lowest BCUT2D eigenvalue weighted by molar-refractivity contribution is 0.145. The molecule has 0 aromatic heterocycles. The largest absolute Gasteiger partial charge is 0.491 e. The van der Waals surface area contributed by atoms with Crippen molar-refractivity contribution in [2.75, 3.05) is 38.4 Å². The smallest absolute Gasteiger partial charge is 0.124 e. The van der Waals surface area contributed by atoms with E-state index in [1.807, 2.05) is 23.9 Å². The molecule has 0 saturated heterocycles. The second kappa shape index (κ2) is 11.0. The molecule has 1 N–H and O–H groups in total. The number of benzene rings is 1. The van der Waals surface area contributed by atoms with Crippen LogP contribution in [0.25, 0.3) is 0 Å². The molecule has 0 fully saturated rings. The Hall–Kier alpha value is -0.710. The van der Waals surface area contributed by atoms with Gasteiger partial charge >= 0.3 is 0 Å². The van der Waals surface area contributed by atoms with Crippen LogP contribution in [0.15, 0.2) is 24.3 Å². The second-order valence-corrected chi connectivity index (χ2v) is 5.71. The molecule has 3 nitrogen and oxygen atoms in total. The molecule has 4 heteroatoms. The number of hydrogen-bond acceptors (Lipinski definition) is 4. The minimum atomic E-state index is 0.343. The van der Waals surface area contributed by atoms with Gasteiger partial charge in [0.2, 0.25) is 0 Å². The highest BCUT2D eigenvalue weighted by molar-refractivity contribution is 7.99. The molecule has 0 spiro atoms. The van der Waals surface area contributed by atoms with Gasteiger partial charge in [-0.1, -0.05) is 32.0 Å². The molecule has 1 aromatic carbocycles. The first-order valence-electron chi connectivity index (χ1n) is 7.35. The van der Waals surface area contributed by atoms with Gasteiger partial charge in [-0.05, 0) is 24.8 Å². The zero-order chi connectivity index (χ0) is 14.6. The molecule has 0 aliphatic carbocycles. The fraction of sp³-hybridized carbons (Fsp3) is 0.625. The Kier molecular flexibility index (Phi) is 9.54. The van der Waals surface area contributed by atoms with Crippen LogP contribution in [0.3, 0.4) is 0 Å². The summed E-state index contributed by atoms with van der Waals surface area (Å²) in [5.74, 6) is 3.24. The van der Waals surface area contributed by atoms with E-state index in [4.69, 9.17) is 9.47 Å². The fourth-order valence-electron chi connectivity index (χ4n) is 1.99. The summed E-state index contributed by atoms with van der Waals surface area (Å²) < 4.78 is 10.9. The lowest BCUT2D eigenvalue weighted by atomic mass is 10.1. The van der Waals surface area contributed by atoms with E-state index in [-0.39, 0.29) is 0 Å². The summed E-state index contributed by atoms with van der Waals surface area (Å²) in [7, 11) is 1.69. The van der Waals surface area contributed by atoms with E-state index in [9.17, 15) is 0 Å². The van der Waals surface area contributed by atoms with E-state index >= 15 is 0 Å². The highest BCUT2D eigenvalue weighted by atomic mass is 32.2. The van der Waals surface area contributed by atoms with E-state index in [0.29, 0.717) is 19.3 Å². The van der Waals surface area contributed by atoms with Crippen molar-refractivity contribution in [2.24, 2.45) is 0 Å². The minimum Gasteiger partial charge on any atom is -0.491 e. The van der Waals surface area contributed by atoms with Crippen LogP contribution in [0, 0.1) is 0 Å². The minimum absolute atomic E-state index is 0.343. The molecule has 20 heavy (non-hydrogen) atoms. The van der Waals surface area contributed by atoms with Crippen LogP contribution >= 0.6 is 11.8 Å². The maximum atomic E-state index is 5.84. The molecule has 0 bridgehead atoms. The molecular weight excluding hydrogens is 270 g/mol. The standard InChI is InChI=1S/C16H27NO2S/c1-4-12-20-13-15(17-5-2)14-8-6-7-9-16(14)19-11-10-18-3/h6-9,15,17H,4-5,10-13H2,1-3H3. The van der Waals surface area contributed by atoms with Gasteiger partial charge in [0.1, 0.15) is 12.4 Å². The number of hydrogen-bond donors (Lipinski definition) is 1. The quantitative estimate of drug-likeness (QED) is 0.633. The normalized spacial score (nSPS) is 12.3. The Balaban J connectivity index is 2.71. The SMILES string of the molecule is CCCSCC(NCC)c1ccccc1OCCOC.